The van der Waals surface area contributed by atoms with Crippen LogP contribution in [-0.4, -0.2) is 17.1 Å². The number of aromatic nitrogens is 1. The van der Waals surface area contributed by atoms with Gasteiger partial charge in [-0.25, -0.2) is 0 Å². The van der Waals surface area contributed by atoms with Gasteiger partial charge in [-0.2, -0.15) is 13.2 Å². The third-order valence-corrected chi connectivity index (χ3v) is 4.60. The monoisotopic (exact) mass is 390 g/mol. The number of halogens is 3. The van der Waals surface area contributed by atoms with Crippen molar-refractivity contribution < 1.29 is 22.7 Å². The minimum absolute atomic E-state index is 0.306. The first-order chi connectivity index (χ1) is 13.3. The molecule has 3 aromatic rings. The van der Waals surface area contributed by atoms with Crippen molar-refractivity contribution in [1.82, 2.24) is 4.57 Å². The topological polar surface area (TPSA) is 43.3 Å². The van der Waals surface area contributed by atoms with Crippen LogP contribution in [-0.2, 0) is 12.7 Å². The van der Waals surface area contributed by atoms with Crippen molar-refractivity contribution in [2.24, 2.45) is 0 Å². The molecule has 0 saturated carbocycles. The Morgan fingerprint density at radius 2 is 1.79 bits per heavy atom. The maximum absolute atomic E-state index is 12.9. The standard InChI is InChI=1S/C21H21F3N2O2/c1-4-26-18-11-10-16(28-5-2)12-17(18)13(3)19(26)20(27)25-15-8-6-14(7-9-15)21(22,23)24/h6-12H,4-5H2,1-3H3,(H,25,27). The van der Waals surface area contributed by atoms with E-state index in [0.29, 0.717) is 24.5 Å². The van der Waals surface area contributed by atoms with Crippen LogP contribution >= 0.6 is 0 Å². The van der Waals surface area contributed by atoms with E-state index < -0.39 is 11.7 Å². The van der Waals surface area contributed by atoms with Crippen LogP contribution in [0.3, 0.4) is 0 Å². The maximum Gasteiger partial charge on any atom is 0.416 e. The van der Waals surface area contributed by atoms with Gasteiger partial charge in [-0.15, -0.1) is 0 Å². The SMILES string of the molecule is CCOc1ccc2c(c1)c(C)c(C(=O)Nc1ccc(C(F)(F)F)cc1)n2CC. The summed E-state index contributed by atoms with van der Waals surface area (Å²) in [6, 6.07) is 10.1. The zero-order valence-electron chi connectivity index (χ0n) is 15.9. The number of alkyl halides is 3. The van der Waals surface area contributed by atoms with Crippen molar-refractivity contribution in [2.75, 3.05) is 11.9 Å². The first kappa shape index (κ1) is 19.8. The fourth-order valence-corrected chi connectivity index (χ4v) is 3.31. The number of rotatable bonds is 5. The van der Waals surface area contributed by atoms with Crippen molar-refractivity contribution in [1.29, 1.82) is 0 Å². The number of amides is 1. The lowest BCUT2D eigenvalue weighted by Crippen LogP contribution is -2.18. The van der Waals surface area contributed by atoms with E-state index in [1.54, 1.807) is 0 Å². The van der Waals surface area contributed by atoms with E-state index in [1.807, 2.05) is 43.5 Å². The summed E-state index contributed by atoms with van der Waals surface area (Å²) < 4.78 is 45.5. The van der Waals surface area contributed by atoms with Gasteiger partial charge in [-0.05, 0) is 68.8 Å². The van der Waals surface area contributed by atoms with Crippen LogP contribution in [0, 0.1) is 6.92 Å². The number of hydrogen-bond acceptors (Lipinski definition) is 2. The van der Waals surface area contributed by atoms with E-state index in [1.165, 1.54) is 12.1 Å². The van der Waals surface area contributed by atoms with Crippen molar-refractivity contribution in [3.63, 3.8) is 0 Å². The molecule has 148 valence electrons. The van der Waals surface area contributed by atoms with Crippen molar-refractivity contribution in [3.05, 3.63) is 59.3 Å². The molecule has 3 rings (SSSR count). The Labute approximate surface area is 160 Å². The van der Waals surface area contributed by atoms with Gasteiger partial charge >= 0.3 is 6.18 Å². The first-order valence-corrected chi connectivity index (χ1v) is 9.00. The third-order valence-electron chi connectivity index (χ3n) is 4.60. The van der Waals surface area contributed by atoms with Gasteiger partial charge in [0.1, 0.15) is 11.4 Å². The molecule has 1 heterocycles. The molecule has 4 nitrogen and oxygen atoms in total. The minimum atomic E-state index is -4.41. The van der Waals surface area contributed by atoms with Crippen LogP contribution in [0.5, 0.6) is 5.75 Å². The van der Waals surface area contributed by atoms with E-state index in [2.05, 4.69) is 5.32 Å². The van der Waals surface area contributed by atoms with Crippen LogP contribution < -0.4 is 10.1 Å². The molecule has 0 aliphatic rings. The molecule has 28 heavy (non-hydrogen) atoms. The molecule has 0 saturated heterocycles. The fourth-order valence-electron chi connectivity index (χ4n) is 3.31. The molecule has 0 radical (unpaired) electrons. The van der Waals surface area contributed by atoms with Crippen molar-refractivity contribution >= 4 is 22.5 Å². The lowest BCUT2D eigenvalue weighted by atomic mass is 10.1. The van der Waals surface area contributed by atoms with E-state index in [-0.39, 0.29) is 5.91 Å². The second-order valence-corrected chi connectivity index (χ2v) is 6.36. The number of carbonyl (C=O) groups excluding carboxylic acids is 1. The highest BCUT2D eigenvalue weighted by molar-refractivity contribution is 6.08. The molecule has 1 amide bonds. The van der Waals surface area contributed by atoms with Gasteiger partial charge in [0.2, 0.25) is 0 Å². The number of hydrogen-bond donors (Lipinski definition) is 1. The molecule has 7 heteroatoms. The average Bonchev–Trinajstić information content (AvgIpc) is 2.93. The van der Waals surface area contributed by atoms with Gasteiger partial charge in [0.25, 0.3) is 5.91 Å². The molecule has 0 unspecified atom stereocenters. The summed E-state index contributed by atoms with van der Waals surface area (Å²) >= 11 is 0. The predicted octanol–water partition coefficient (Wildman–Crippen LogP) is 5.64. The summed E-state index contributed by atoms with van der Waals surface area (Å²) in [7, 11) is 0. The van der Waals surface area contributed by atoms with Crippen LogP contribution in [0.25, 0.3) is 10.9 Å². The van der Waals surface area contributed by atoms with Gasteiger partial charge in [0.05, 0.1) is 12.2 Å². The Balaban J connectivity index is 1.95. The summed E-state index contributed by atoms with van der Waals surface area (Å²) in [6.07, 6.45) is -4.41. The highest BCUT2D eigenvalue weighted by Crippen LogP contribution is 2.31. The largest absolute Gasteiger partial charge is 0.494 e. The predicted molar refractivity (Wildman–Crippen MR) is 103 cm³/mol. The van der Waals surface area contributed by atoms with Crippen LogP contribution in [0.4, 0.5) is 18.9 Å². The van der Waals surface area contributed by atoms with Gasteiger partial charge in [0, 0.05) is 23.1 Å². The molecule has 0 bridgehead atoms. The van der Waals surface area contributed by atoms with Gasteiger partial charge < -0.3 is 14.6 Å². The number of anilines is 1. The summed E-state index contributed by atoms with van der Waals surface area (Å²) in [5.41, 5.74) is 1.73. The normalized spacial score (nSPS) is 11.6. The Morgan fingerprint density at radius 3 is 2.36 bits per heavy atom. The second kappa shape index (κ2) is 7.58. The van der Waals surface area contributed by atoms with E-state index in [9.17, 15) is 18.0 Å². The molecule has 0 aliphatic carbocycles. The number of fused-ring (bicyclic) bond motifs is 1. The second-order valence-electron chi connectivity index (χ2n) is 6.36. The fraction of sp³-hybridized carbons (Fsp3) is 0.286. The number of benzene rings is 2. The quantitative estimate of drug-likeness (QED) is 0.613. The number of carbonyl (C=O) groups is 1. The molecule has 0 fully saturated rings. The van der Waals surface area contributed by atoms with Gasteiger partial charge in [0.15, 0.2) is 0 Å². The third kappa shape index (κ3) is 3.69. The van der Waals surface area contributed by atoms with E-state index in [4.69, 9.17) is 4.74 Å². The summed E-state index contributed by atoms with van der Waals surface area (Å²) in [6.45, 7) is 6.81. The molecule has 1 N–H and O–H groups in total. The molecular weight excluding hydrogens is 369 g/mol. The van der Waals surface area contributed by atoms with Crippen LogP contribution in [0.1, 0.15) is 35.5 Å². The molecule has 1 aromatic heterocycles. The number of nitrogens with one attached hydrogen (secondary N) is 1. The van der Waals surface area contributed by atoms with E-state index >= 15 is 0 Å². The zero-order chi connectivity index (χ0) is 20.5. The highest BCUT2D eigenvalue weighted by Gasteiger charge is 2.30. The van der Waals surface area contributed by atoms with E-state index in [0.717, 1.165) is 34.3 Å². The minimum Gasteiger partial charge on any atom is -0.494 e. The Bertz CT molecular complexity index is 1010. The number of aryl methyl sites for hydroxylation is 2. The number of nitrogens with zero attached hydrogens (tertiary/aromatic N) is 1. The van der Waals surface area contributed by atoms with Crippen molar-refractivity contribution in [2.45, 2.75) is 33.5 Å². The van der Waals surface area contributed by atoms with Crippen LogP contribution in [0.15, 0.2) is 42.5 Å². The summed E-state index contributed by atoms with van der Waals surface area (Å²) in [4.78, 5) is 12.9. The lowest BCUT2D eigenvalue weighted by molar-refractivity contribution is -0.137. The number of ether oxygens (including phenoxy) is 1. The Morgan fingerprint density at radius 1 is 1.11 bits per heavy atom. The molecule has 0 atom stereocenters. The molecular formula is C21H21F3N2O2. The highest BCUT2D eigenvalue weighted by atomic mass is 19.4. The Hall–Kier alpha value is -2.96. The smallest absolute Gasteiger partial charge is 0.416 e. The lowest BCUT2D eigenvalue weighted by Gasteiger charge is -2.11. The average molecular weight is 390 g/mol. The van der Waals surface area contributed by atoms with Crippen molar-refractivity contribution in [3.8, 4) is 5.75 Å². The van der Waals surface area contributed by atoms with Gasteiger partial charge in [-0.1, -0.05) is 0 Å². The molecule has 0 spiro atoms. The van der Waals surface area contributed by atoms with Crippen LogP contribution in [0.2, 0.25) is 0 Å². The zero-order valence-corrected chi connectivity index (χ0v) is 15.9. The maximum atomic E-state index is 12.9. The summed E-state index contributed by atoms with van der Waals surface area (Å²) in [5.74, 6) is 0.356. The molecule has 0 aliphatic heterocycles. The Kier molecular flexibility index (Phi) is 5.36. The first-order valence-electron chi connectivity index (χ1n) is 9.00. The summed E-state index contributed by atoms with van der Waals surface area (Å²) in [5, 5.41) is 3.60. The van der Waals surface area contributed by atoms with Gasteiger partial charge in [-0.3, -0.25) is 4.79 Å². The molecule has 2 aromatic carbocycles.